The van der Waals surface area contributed by atoms with Crippen LogP contribution in [0.2, 0.25) is 0 Å². The molecule has 2 aliphatic heterocycles. The van der Waals surface area contributed by atoms with Gasteiger partial charge < -0.3 is 5.11 Å². The van der Waals surface area contributed by atoms with Gasteiger partial charge >= 0.3 is 0 Å². The van der Waals surface area contributed by atoms with Crippen molar-refractivity contribution in [1.82, 2.24) is 4.90 Å². The lowest BCUT2D eigenvalue weighted by molar-refractivity contribution is 0.00571. The fraction of sp³-hybridized carbons (Fsp3) is 1.00. The van der Waals surface area contributed by atoms with Crippen LogP contribution in [-0.4, -0.2) is 34.7 Å². The summed E-state index contributed by atoms with van der Waals surface area (Å²) in [7, 11) is 2.20. The van der Waals surface area contributed by atoms with E-state index in [0.717, 1.165) is 12.8 Å². The molecule has 2 nitrogen and oxygen atoms in total. The second-order valence-electron chi connectivity index (χ2n) is 4.39. The lowest BCUT2D eigenvalue weighted by Gasteiger charge is -2.42. The molecule has 2 rings (SSSR count). The maximum absolute atomic E-state index is 9.55. The van der Waals surface area contributed by atoms with Crippen molar-refractivity contribution in [2.24, 2.45) is 0 Å². The summed E-state index contributed by atoms with van der Waals surface area (Å²) >= 11 is 0. The summed E-state index contributed by atoms with van der Waals surface area (Å²) in [5.74, 6) is 0. The van der Waals surface area contributed by atoms with E-state index in [2.05, 4.69) is 18.9 Å². The quantitative estimate of drug-likeness (QED) is 0.564. The molecule has 0 aromatic heterocycles. The van der Waals surface area contributed by atoms with Crippen molar-refractivity contribution in [3.05, 3.63) is 0 Å². The van der Waals surface area contributed by atoms with Gasteiger partial charge in [-0.15, -0.1) is 0 Å². The Morgan fingerprint density at radius 2 is 2.27 bits per heavy atom. The zero-order valence-corrected chi connectivity index (χ0v) is 7.38. The predicted octanol–water partition coefficient (Wildman–Crippen LogP) is 0.994. The normalized spacial score (nSPS) is 51.5. The minimum Gasteiger partial charge on any atom is -0.393 e. The van der Waals surface area contributed by atoms with E-state index >= 15 is 0 Å². The van der Waals surface area contributed by atoms with Crippen molar-refractivity contribution in [2.45, 2.75) is 50.3 Å². The van der Waals surface area contributed by atoms with Crippen LogP contribution in [0.1, 0.15) is 32.6 Å². The van der Waals surface area contributed by atoms with Crippen LogP contribution < -0.4 is 0 Å². The third-order valence-corrected chi connectivity index (χ3v) is 3.63. The van der Waals surface area contributed by atoms with E-state index in [1.165, 1.54) is 12.8 Å². The van der Waals surface area contributed by atoms with Gasteiger partial charge in [0.1, 0.15) is 0 Å². The maximum atomic E-state index is 9.55. The summed E-state index contributed by atoms with van der Waals surface area (Å²) in [6.45, 7) is 2.27. The van der Waals surface area contributed by atoms with E-state index in [-0.39, 0.29) is 6.10 Å². The molecule has 3 unspecified atom stereocenters. The SMILES string of the molecule is CN1C2CCC1(C)CC(O)C2. The number of hydrogen-bond acceptors (Lipinski definition) is 2. The molecule has 64 valence electrons. The van der Waals surface area contributed by atoms with Crippen LogP contribution in [0.3, 0.4) is 0 Å². The molecule has 1 N–H and O–H groups in total. The highest BCUT2D eigenvalue weighted by Gasteiger charge is 2.46. The molecular weight excluding hydrogens is 138 g/mol. The van der Waals surface area contributed by atoms with Crippen LogP contribution in [-0.2, 0) is 0 Å². The number of fused-ring (bicyclic) bond motifs is 2. The van der Waals surface area contributed by atoms with E-state index in [9.17, 15) is 5.11 Å². The van der Waals surface area contributed by atoms with Crippen molar-refractivity contribution >= 4 is 0 Å². The van der Waals surface area contributed by atoms with Crippen molar-refractivity contribution < 1.29 is 5.11 Å². The summed E-state index contributed by atoms with van der Waals surface area (Å²) in [5.41, 5.74) is 0.308. The number of hydrogen-bond donors (Lipinski definition) is 1. The number of piperidine rings is 1. The first-order valence-electron chi connectivity index (χ1n) is 4.53. The lowest BCUT2D eigenvalue weighted by Crippen LogP contribution is -2.49. The summed E-state index contributed by atoms with van der Waals surface area (Å²) < 4.78 is 0. The molecule has 2 bridgehead atoms. The highest BCUT2D eigenvalue weighted by molar-refractivity contribution is 5.02. The van der Waals surface area contributed by atoms with Crippen LogP contribution in [0.15, 0.2) is 0 Å². The zero-order valence-electron chi connectivity index (χ0n) is 7.38. The zero-order chi connectivity index (χ0) is 8.06. The van der Waals surface area contributed by atoms with Gasteiger partial charge in [-0.25, -0.2) is 0 Å². The van der Waals surface area contributed by atoms with Gasteiger partial charge in [-0.3, -0.25) is 4.90 Å². The van der Waals surface area contributed by atoms with Crippen LogP contribution in [0, 0.1) is 0 Å². The highest BCUT2D eigenvalue weighted by atomic mass is 16.3. The second-order valence-corrected chi connectivity index (χ2v) is 4.39. The Bertz CT molecular complexity index is 171. The van der Waals surface area contributed by atoms with E-state index < -0.39 is 0 Å². The summed E-state index contributed by atoms with van der Waals surface area (Å²) in [5, 5.41) is 9.55. The molecular formula is C9H17NO. The first-order chi connectivity index (χ1) is 5.12. The fourth-order valence-electron chi connectivity index (χ4n) is 2.72. The second kappa shape index (κ2) is 2.20. The van der Waals surface area contributed by atoms with E-state index in [0.29, 0.717) is 11.6 Å². The van der Waals surface area contributed by atoms with Gasteiger partial charge in [0.25, 0.3) is 0 Å². The minimum absolute atomic E-state index is 0.0382. The van der Waals surface area contributed by atoms with Gasteiger partial charge in [0.2, 0.25) is 0 Å². The van der Waals surface area contributed by atoms with Crippen LogP contribution in [0.4, 0.5) is 0 Å². The molecule has 2 aliphatic rings. The standard InChI is InChI=1S/C9H17NO/c1-9-4-3-7(10(9)2)5-8(11)6-9/h7-8,11H,3-6H2,1-2H3. The molecule has 11 heavy (non-hydrogen) atoms. The van der Waals surface area contributed by atoms with E-state index in [1.54, 1.807) is 0 Å². The topological polar surface area (TPSA) is 23.5 Å². The van der Waals surface area contributed by atoms with Crippen molar-refractivity contribution in [1.29, 1.82) is 0 Å². The molecule has 0 aromatic carbocycles. The fourth-order valence-corrected chi connectivity index (χ4v) is 2.72. The van der Waals surface area contributed by atoms with Crippen LogP contribution in [0.25, 0.3) is 0 Å². The molecule has 3 atom stereocenters. The summed E-state index contributed by atoms with van der Waals surface area (Å²) in [6, 6.07) is 0.656. The molecule has 2 heterocycles. The highest BCUT2D eigenvalue weighted by Crippen LogP contribution is 2.42. The number of aliphatic hydroxyl groups excluding tert-OH is 1. The molecule has 0 spiro atoms. The van der Waals surface area contributed by atoms with Gasteiger partial charge in [-0.1, -0.05) is 0 Å². The number of rotatable bonds is 0. The third kappa shape index (κ3) is 1.00. The van der Waals surface area contributed by atoms with Crippen LogP contribution in [0.5, 0.6) is 0 Å². The first-order valence-corrected chi connectivity index (χ1v) is 4.53. The van der Waals surface area contributed by atoms with Crippen molar-refractivity contribution in [2.75, 3.05) is 7.05 Å². The molecule has 0 saturated carbocycles. The molecule has 2 saturated heterocycles. The average Bonchev–Trinajstić information content (AvgIpc) is 2.17. The molecule has 0 aromatic rings. The Hall–Kier alpha value is -0.0800. The predicted molar refractivity (Wildman–Crippen MR) is 44.4 cm³/mol. The number of nitrogens with zero attached hydrogens (tertiary/aromatic N) is 1. The molecule has 2 heteroatoms. The Morgan fingerprint density at radius 3 is 2.91 bits per heavy atom. The molecule has 2 fully saturated rings. The van der Waals surface area contributed by atoms with Crippen molar-refractivity contribution in [3.8, 4) is 0 Å². The van der Waals surface area contributed by atoms with E-state index in [1.807, 2.05) is 0 Å². The Kier molecular flexibility index (Phi) is 1.52. The van der Waals surface area contributed by atoms with Gasteiger partial charge in [0.15, 0.2) is 0 Å². The summed E-state index contributed by atoms with van der Waals surface area (Å²) in [6.07, 6.45) is 4.48. The minimum atomic E-state index is -0.0382. The smallest absolute Gasteiger partial charge is 0.0572 e. The Labute approximate surface area is 68.2 Å². The third-order valence-electron chi connectivity index (χ3n) is 3.63. The van der Waals surface area contributed by atoms with Crippen molar-refractivity contribution in [3.63, 3.8) is 0 Å². The molecule has 0 aliphatic carbocycles. The average molecular weight is 155 g/mol. The largest absolute Gasteiger partial charge is 0.393 e. The van der Waals surface area contributed by atoms with Gasteiger partial charge in [-0.2, -0.15) is 0 Å². The Balaban J connectivity index is 2.20. The van der Waals surface area contributed by atoms with Crippen LogP contribution >= 0.6 is 0 Å². The monoisotopic (exact) mass is 155 g/mol. The van der Waals surface area contributed by atoms with Gasteiger partial charge in [-0.05, 0) is 39.7 Å². The lowest BCUT2D eigenvalue weighted by atomic mass is 9.89. The van der Waals surface area contributed by atoms with Gasteiger partial charge in [0.05, 0.1) is 6.10 Å². The molecule has 0 radical (unpaired) electrons. The van der Waals surface area contributed by atoms with E-state index in [4.69, 9.17) is 0 Å². The molecule has 0 amide bonds. The maximum Gasteiger partial charge on any atom is 0.0572 e. The first kappa shape index (κ1) is 7.56. The van der Waals surface area contributed by atoms with Gasteiger partial charge in [0, 0.05) is 11.6 Å². The summed E-state index contributed by atoms with van der Waals surface area (Å²) in [4.78, 5) is 2.46. The Morgan fingerprint density at radius 1 is 1.55 bits per heavy atom. The number of aliphatic hydroxyl groups is 1.